The van der Waals surface area contributed by atoms with E-state index in [0.29, 0.717) is 0 Å². The number of rotatable bonds is 6. The number of hydrogen-bond donors (Lipinski definition) is 1. The minimum absolute atomic E-state index is 0.781. The quantitative estimate of drug-likeness (QED) is 0.764. The van der Waals surface area contributed by atoms with Gasteiger partial charge >= 0.3 is 0 Å². The van der Waals surface area contributed by atoms with Gasteiger partial charge in [-0.3, -0.25) is 0 Å². The van der Waals surface area contributed by atoms with Crippen LogP contribution < -0.4 is 5.32 Å². The van der Waals surface area contributed by atoms with Gasteiger partial charge < -0.3 is 5.32 Å². The standard InChI is InChI=1S/C16H25ClN2S/c1-3-9-18-16-8-7-14(17)15(19-16)11-20-13-6-4-5-12(2)10-13/h7-8,12-13H,3-6,9-11H2,1-2H3,(H,18,19). The summed E-state index contributed by atoms with van der Waals surface area (Å²) in [5.74, 6) is 2.75. The Labute approximate surface area is 132 Å². The highest BCUT2D eigenvalue weighted by molar-refractivity contribution is 7.99. The molecule has 0 aliphatic heterocycles. The highest BCUT2D eigenvalue weighted by atomic mass is 35.5. The van der Waals surface area contributed by atoms with E-state index in [4.69, 9.17) is 11.6 Å². The lowest BCUT2D eigenvalue weighted by molar-refractivity contribution is 0.394. The van der Waals surface area contributed by atoms with E-state index in [1.165, 1.54) is 25.7 Å². The number of pyridine rings is 1. The maximum atomic E-state index is 6.27. The molecular formula is C16H25ClN2S. The molecule has 0 saturated heterocycles. The smallest absolute Gasteiger partial charge is 0.126 e. The number of nitrogens with one attached hydrogen (secondary N) is 1. The number of aromatic nitrogens is 1. The molecule has 1 aliphatic rings. The Kier molecular flexibility index (Phi) is 6.50. The van der Waals surface area contributed by atoms with Gasteiger partial charge in [0.05, 0.1) is 10.7 Å². The molecule has 0 spiro atoms. The zero-order valence-electron chi connectivity index (χ0n) is 12.5. The molecule has 1 saturated carbocycles. The van der Waals surface area contributed by atoms with Crippen LogP contribution in [0, 0.1) is 5.92 Å². The van der Waals surface area contributed by atoms with Crippen molar-refractivity contribution in [1.29, 1.82) is 0 Å². The number of anilines is 1. The summed E-state index contributed by atoms with van der Waals surface area (Å²) in [4.78, 5) is 4.65. The molecular weight excluding hydrogens is 288 g/mol. The first-order valence-electron chi connectivity index (χ1n) is 7.70. The Morgan fingerprint density at radius 2 is 2.25 bits per heavy atom. The van der Waals surface area contributed by atoms with Gasteiger partial charge in [0, 0.05) is 17.5 Å². The van der Waals surface area contributed by atoms with E-state index in [2.05, 4.69) is 24.1 Å². The Hall–Kier alpha value is -0.410. The maximum absolute atomic E-state index is 6.27. The van der Waals surface area contributed by atoms with E-state index in [1.54, 1.807) is 0 Å². The molecule has 0 radical (unpaired) electrons. The summed E-state index contributed by atoms with van der Waals surface area (Å²) >= 11 is 8.30. The topological polar surface area (TPSA) is 24.9 Å². The molecule has 112 valence electrons. The second-order valence-electron chi connectivity index (χ2n) is 5.76. The first kappa shape index (κ1) is 16.0. The van der Waals surface area contributed by atoms with E-state index in [1.807, 2.05) is 23.9 Å². The molecule has 0 aromatic carbocycles. The third kappa shape index (κ3) is 4.85. The van der Waals surface area contributed by atoms with Crippen molar-refractivity contribution in [2.45, 2.75) is 57.0 Å². The minimum atomic E-state index is 0.781. The van der Waals surface area contributed by atoms with Crippen molar-refractivity contribution < 1.29 is 0 Å². The summed E-state index contributed by atoms with van der Waals surface area (Å²) in [6, 6.07) is 3.93. The van der Waals surface area contributed by atoms with Crippen molar-refractivity contribution in [3.63, 3.8) is 0 Å². The number of thioether (sulfide) groups is 1. The summed E-state index contributed by atoms with van der Waals surface area (Å²) in [5, 5.41) is 4.90. The summed E-state index contributed by atoms with van der Waals surface area (Å²) < 4.78 is 0. The molecule has 1 aromatic heterocycles. The zero-order valence-corrected chi connectivity index (χ0v) is 14.1. The lowest BCUT2D eigenvalue weighted by Gasteiger charge is -2.26. The Morgan fingerprint density at radius 3 is 3.00 bits per heavy atom. The van der Waals surface area contributed by atoms with Crippen molar-refractivity contribution in [2.75, 3.05) is 11.9 Å². The van der Waals surface area contributed by atoms with Crippen LogP contribution in [0.25, 0.3) is 0 Å². The molecule has 20 heavy (non-hydrogen) atoms. The van der Waals surface area contributed by atoms with Crippen LogP contribution in [0.2, 0.25) is 5.02 Å². The summed E-state index contributed by atoms with van der Waals surface area (Å²) in [6.07, 6.45) is 6.56. The average Bonchev–Trinajstić information content (AvgIpc) is 2.45. The van der Waals surface area contributed by atoms with Gasteiger partial charge in [-0.15, -0.1) is 0 Å². The van der Waals surface area contributed by atoms with E-state index < -0.39 is 0 Å². The van der Waals surface area contributed by atoms with E-state index in [-0.39, 0.29) is 0 Å². The van der Waals surface area contributed by atoms with Gasteiger partial charge in [-0.05, 0) is 37.3 Å². The average molecular weight is 313 g/mol. The van der Waals surface area contributed by atoms with E-state index in [0.717, 1.165) is 46.4 Å². The van der Waals surface area contributed by atoms with Gasteiger partial charge in [-0.25, -0.2) is 4.98 Å². The minimum Gasteiger partial charge on any atom is -0.370 e. The Bertz CT molecular complexity index is 425. The third-order valence-electron chi connectivity index (χ3n) is 3.82. The van der Waals surface area contributed by atoms with Crippen molar-refractivity contribution in [3.05, 3.63) is 22.8 Å². The first-order chi connectivity index (χ1) is 9.69. The molecule has 2 nitrogen and oxygen atoms in total. The van der Waals surface area contributed by atoms with Crippen molar-refractivity contribution in [1.82, 2.24) is 4.98 Å². The van der Waals surface area contributed by atoms with Gasteiger partial charge in [0.15, 0.2) is 0 Å². The predicted octanol–water partition coefficient (Wildman–Crippen LogP) is 5.37. The van der Waals surface area contributed by atoms with Gasteiger partial charge in [-0.2, -0.15) is 11.8 Å². The van der Waals surface area contributed by atoms with Gasteiger partial charge in [0.25, 0.3) is 0 Å². The molecule has 2 atom stereocenters. The normalized spacial score (nSPS) is 22.8. The zero-order chi connectivity index (χ0) is 14.4. The van der Waals surface area contributed by atoms with Crippen molar-refractivity contribution >= 4 is 29.2 Å². The molecule has 1 N–H and O–H groups in total. The fourth-order valence-corrected chi connectivity index (χ4v) is 4.33. The molecule has 1 fully saturated rings. The highest BCUT2D eigenvalue weighted by Crippen LogP contribution is 2.34. The maximum Gasteiger partial charge on any atom is 0.126 e. The van der Waals surface area contributed by atoms with Crippen LogP contribution in [0.4, 0.5) is 5.82 Å². The number of hydrogen-bond acceptors (Lipinski definition) is 3. The SMILES string of the molecule is CCCNc1ccc(Cl)c(CSC2CCCC(C)C2)n1. The molecule has 1 aromatic rings. The summed E-state index contributed by atoms with van der Waals surface area (Å²) in [6.45, 7) is 5.48. The fraction of sp³-hybridized carbons (Fsp3) is 0.688. The fourth-order valence-electron chi connectivity index (χ4n) is 2.66. The van der Waals surface area contributed by atoms with Crippen LogP contribution in [0.15, 0.2) is 12.1 Å². The Balaban J connectivity index is 1.90. The van der Waals surface area contributed by atoms with Crippen LogP contribution in [-0.2, 0) is 5.75 Å². The second kappa shape index (κ2) is 8.14. The summed E-state index contributed by atoms with van der Waals surface area (Å²) in [7, 11) is 0. The summed E-state index contributed by atoms with van der Waals surface area (Å²) in [5.41, 5.74) is 1.02. The molecule has 0 amide bonds. The highest BCUT2D eigenvalue weighted by Gasteiger charge is 2.19. The molecule has 2 unspecified atom stereocenters. The molecule has 1 aliphatic carbocycles. The lowest BCUT2D eigenvalue weighted by Crippen LogP contribution is -2.15. The van der Waals surface area contributed by atoms with Crippen LogP contribution >= 0.6 is 23.4 Å². The van der Waals surface area contributed by atoms with E-state index in [9.17, 15) is 0 Å². The lowest BCUT2D eigenvalue weighted by atomic mass is 9.91. The van der Waals surface area contributed by atoms with Crippen LogP contribution in [0.3, 0.4) is 0 Å². The molecule has 0 bridgehead atoms. The van der Waals surface area contributed by atoms with Gasteiger partial charge in [-0.1, -0.05) is 38.3 Å². The van der Waals surface area contributed by atoms with Crippen molar-refractivity contribution in [2.24, 2.45) is 5.92 Å². The van der Waals surface area contributed by atoms with Gasteiger partial charge in [0.1, 0.15) is 5.82 Å². The van der Waals surface area contributed by atoms with Crippen molar-refractivity contribution in [3.8, 4) is 0 Å². The van der Waals surface area contributed by atoms with Crippen LogP contribution in [-0.4, -0.2) is 16.8 Å². The third-order valence-corrected chi connectivity index (χ3v) is 5.50. The molecule has 4 heteroatoms. The van der Waals surface area contributed by atoms with Crippen LogP contribution in [0.1, 0.15) is 51.6 Å². The first-order valence-corrected chi connectivity index (χ1v) is 9.12. The number of nitrogens with zero attached hydrogens (tertiary/aromatic N) is 1. The predicted molar refractivity (Wildman–Crippen MR) is 90.7 cm³/mol. The van der Waals surface area contributed by atoms with E-state index >= 15 is 0 Å². The largest absolute Gasteiger partial charge is 0.370 e. The Morgan fingerprint density at radius 1 is 1.40 bits per heavy atom. The van der Waals surface area contributed by atoms with Crippen LogP contribution in [0.5, 0.6) is 0 Å². The molecule has 1 heterocycles. The second-order valence-corrected chi connectivity index (χ2v) is 7.45. The monoisotopic (exact) mass is 312 g/mol. The number of halogens is 1. The van der Waals surface area contributed by atoms with Gasteiger partial charge in [0.2, 0.25) is 0 Å². The molecule has 2 rings (SSSR count).